The van der Waals surface area contributed by atoms with Crippen molar-refractivity contribution >= 4 is 11.8 Å². The molecule has 3 nitrogen and oxygen atoms in total. The molecule has 92 valence electrons. The van der Waals surface area contributed by atoms with Gasteiger partial charge in [0.2, 0.25) is 0 Å². The molecule has 0 aliphatic rings. The molecule has 0 aliphatic carbocycles. The molecule has 0 fully saturated rings. The molecule has 0 heterocycles. The Labute approximate surface area is 102 Å². The minimum Gasteiger partial charge on any atom is -0.468 e. The van der Waals surface area contributed by atoms with Crippen molar-refractivity contribution < 1.29 is 14.3 Å². The Morgan fingerprint density at radius 1 is 1.24 bits per heavy atom. The zero-order valence-corrected chi connectivity index (χ0v) is 10.3. The van der Waals surface area contributed by atoms with Crippen LogP contribution in [0.4, 0.5) is 0 Å². The Balaban J connectivity index is 2.61. The summed E-state index contributed by atoms with van der Waals surface area (Å²) in [5, 5.41) is 0. The quantitative estimate of drug-likeness (QED) is 0.560. The fourth-order valence-electron chi connectivity index (χ4n) is 1.75. The van der Waals surface area contributed by atoms with Crippen molar-refractivity contribution in [3.05, 3.63) is 35.9 Å². The number of hydrogen-bond donors (Lipinski definition) is 0. The monoisotopic (exact) mass is 234 g/mol. The number of benzene rings is 1. The lowest BCUT2D eigenvalue weighted by Gasteiger charge is -2.12. The van der Waals surface area contributed by atoms with Crippen LogP contribution in [-0.4, -0.2) is 18.9 Å². The van der Waals surface area contributed by atoms with E-state index in [2.05, 4.69) is 4.74 Å². The molecule has 0 saturated carbocycles. The predicted octanol–water partition coefficient (Wildman–Crippen LogP) is 2.39. The molecule has 0 saturated heterocycles. The number of hydrogen-bond acceptors (Lipinski definition) is 3. The van der Waals surface area contributed by atoms with Crippen LogP contribution >= 0.6 is 0 Å². The fourth-order valence-corrected chi connectivity index (χ4v) is 1.75. The second kappa shape index (κ2) is 6.84. The maximum atomic E-state index is 11.6. The van der Waals surface area contributed by atoms with Crippen molar-refractivity contribution in [1.29, 1.82) is 0 Å². The number of aryl methyl sites for hydroxylation is 1. The van der Waals surface area contributed by atoms with Crippen LogP contribution < -0.4 is 0 Å². The van der Waals surface area contributed by atoms with Gasteiger partial charge >= 0.3 is 5.97 Å². The molecule has 1 aromatic carbocycles. The first kappa shape index (κ1) is 13.4. The third-order valence-corrected chi connectivity index (χ3v) is 2.79. The lowest BCUT2D eigenvalue weighted by molar-refractivity contribution is -0.149. The highest BCUT2D eigenvalue weighted by atomic mass is 16.5. The first-order chi connectivity index (χ1) is 8.19. The van der Waals surface area contributed by atoms with Gasteiger partial charge in [0, 0.05) is 6.42 Å². The normalized spacial score (nSPS) is 11.9. The number of rotatable bonds is 6. The maximum Gasteiger partial charge on any atom is 0.316 e. The Bertz CT molecular complexity index is 354. The van der Waals surface area contributed by atoms with Crippen molar-refractivity contribution in [2.45, 2.75) is 26.2 Å². The van der Waals surface area contributed by atoms with Gasteiger partial charge in [0.15, 0.2) is 0 Å². The standard InChI is InChI=1S/C14H18O3/c1-3-13(15)12(14(16)17-2)10-9-11-7-5-4-6-8-11/h4-8,12H,3,9-10H2,1-2H3. The van der Waals surface area contributed by atoms with E-state index in [4.69, 9.17) is 0 Å². The van der Waals surface area contributed by atoms with Crippen molar-refractivity contribution in [2.75, 3.05) is 7.11 Å². The van der Waals surface area contributed by atoms with Crippen molar-refractivity contribution in [1.82, 2.24) is 0 Å². The summed E-state index contributed by atoms with van der Waals surface area (Å²) >= 11 is 0. The van der Waals surface area contributed by atoms with E-state index in [1.807, 2.05) is 30.3 Å². The maximum absolute atomic E-state index is 11.6. The summed E-state index contributed by atoms with van der Waals surface area (Å²) in [6.07, 6.45) is 1.60. The molecule has 1 aromatic rings. The number of esters is 1. The molecular weight excluding hydrogens is 216 g/mol. The highest BCUT2D eigenvalue weighted by Gasteiger charge is 2.25. The van der Waals surface area contributed by atoms with Crippen LogP contribution in [0, 0.1) is 5.92 Å². The smallest absolute Gasteiger partial charge is 0.316 e. The van der Waals surface area contributed by atoms with Gasteiger partial charge in [-0.1, -0.05) is 37.3 Å². The molecule has 1 unspecified atom stereocenters. The minimum atomic E-state index is -0.620. The van der Waals surface area contributed by atoms with Gasteiger partial charge in [-0.2, -0.15) is 0 Å². The summed E-state index contributed by atoms with van der Waals surface area (Å²) in [7, 11) is 1.32. The Hall–Kier alpha value is -1.64. The van der Waals surface area contributed by atoms with Crippen molar-refractivity contribution in [2.24, 2.45) is 5.92 Å². The second-order valence-electron chi connectivity index (χ2n) is 3.92. The molecule has 0 amide bonds. The van der Waals surface area contributed by atoms with E-state index in [9.17, 15) is 9.59 Å². The number of Topliss-reactive ketones (excluding diaryl/α,β-unsaturated/α-hetero) is 1. The van der Waals surface area contributed by atoms with E-state index >= 15 is 0 Å². The average molecular weight is 234 g/mol. The van der Waals surface area contributed by atoms with Crippen LogP contribution in [0.5, 0.6) is 0 Å². The van der Waals surface area contributed by atoms with Crippen LogP contribution in [0.2, 0.25) is 0 Å². The zero-order valence-electron chi connectivity index (χ0n) is 10.3. The van der Waals surface area contributed by atoms with Gasteiger partial charge in [0.1, 0.15) is 11.7 Å². The van der Waals surface area contributed by atoms with E-state index in [0.717, 1.165) is 5.56 Å². The largest absolute Gasteiger partial charge is 0.468 e. The fraction of sp³-hybridized carbons (Fsp3) is 0.429. The lowest BCUT2D eigenvalue weighted by atomic mass is 9.94. The Morgan fingerprint density at radius 2 is 1.88 bits per heavy atom. The van der Waals surface area contributed by atoms with E-state index in [1.54, 1.807) is 6.92 Å². The van der Waals surface area contributed by atoms with Crippen LogP contribution in [0.15, 0.2) is 30.3 Å². The summed E-state index contributed by atoms with van der Waals surface area (Å²) in [5.74, 6) is -1.09. The van der Waals surface area contributed by atoms with Gasteiger partial charge in [-0.25, -0.2) is 0 Å². The van der Waals surface area contributed by atoms with Crippen LogP contribution in [-0.2, 0) is 20.7 Å². The number of ketones is 1. The number of methoxy groups -OCH3 is 1. The number of ether oxygens (including phenoxy) is 1. The first-order valence-corrected chi connectivity index (χ1v) is 5.83. The number of carbonyl (C=O) groups is 2. The molecule has 3 heteroatoms. The molecule has 0 bridgehead atoms. The van der Waals surface area contributed by atoms with Gasteiger partial charge in [0.05, 0.1) is 7.11 Å². The molecule has 0 aliphatic heterocycles. The third kappa shape index (κ3) is 4.02. The molecule has 0 spiro atoms. The highest BCUT2D eigenvalue weighted by molar-refractivity contribution is 5.98. The Kier molecular flexibility index (Phi) is 5.40. The summed E-state index contributed by atoms with van der Waals surface area (Å²) in [5.41, 5.74) is 1.13. The van der Waals surface area contributed by atoms with Gasteiger partial charge < -0.3 is 4.74 Å². The summed E-state index contributed by atoms with van der Waals surface area (Å²) in [6.45, 7) is 1.76. The molecule has 0 N–H and O–H groups in total. The van der Waals surface area contributed by atoms with Gasteiger partial charge in [-0.15, -0.1) is 0 Å². The van der Waals surface area contributed by atoms with Crippen LogP contribution in [0.3, 0.4) is 0 Å². The molecule has 17 heavy (non-hydrogen) atoms. The SMILES string of the molecule is CCC(=O)C(CCc1ccccc1)C(=O)OC. The number of carbonyl (C=O) groups excluding carboxylic acids is 2. The third-order valence-electron chi connectivity index (χ3n) is 2.79. The highest BCUT2D eigenvalue weighted by Crippen LogP contribution is 2.14. The van der Waals surface area contributed by atoms with E-state index < -0.39 is 11.9 Å². The molecule has 1 rings (SSSR count). The predicted molar refractivity (Wildman–Crippen MR) is 65.6 cm³/mol. The molecule has 0 radical (unpaired) electrons. The zero-order chi connectivity index (χ0) is 12.7. The topological polar surface area (TPSA) is 43.4 Å². The van der Waals surface area contributed by atoms with Crippen molar-refractivity contribution in [3.8, 4) is 0 Å². The van der Waals surface area contributed by atoms with Crippen LogP contribution in [0.25, 0.3) is 0 Å². The second-order valence-corrected chi connectivity index (χ2v) is 3.92. The van der Waals surface area contributed by atoms with E-state index in [-0.39, 0.29) is 5.78 Å². The first-order valence-electron chi connectivity index (χ1n) is 5.83. The minimum absolute atomic E-state index is 0.0484. The average Bonchev–Trinajstić information content (AvgIpc) is 2.39. The van der Waals surface area contributed by atoms with Gasteiger partial charge in [-0.05, 0) is 18.4 Å². The van der Waals surface area contributed by atoms with Gasteiger partial charge in [-0.3, -0.25) is 9.59 Å². The van der Waals surface area contributed by atoms with E-state index in [0.29, 0.717) is 19.3 Å². The molecule has 0 aromatic heterocycles. The van der Waals surface area contributed by atoms with Crippen LogP contribution in [0.1, 0.15) is 25.3 Å². The molecule has 1 atom stereocenters. The summed E-state index contributed by atoms with van der Waals surface area (Å²) in [4.78, 5) is 23.1. The van der Waals surface area contributed by atoms with Gasteiger partial charge in [0.25, 0.3) is 0 Å². The summed E-state index contributed by atoms with van der Waals surface area (Å²) in [6, 6.07) is 9.82. The van der Waals surface area contributed by atoms with Crippen molar-refractivity contribution in [3.63, 3.8) is 0 Å². The summed E-state index contributed by atoms with van der Waals surface area (Å²) < 4.78 is 4.66. The Morgan fingerprint density at radius 3 is 2.41 bits per heavy atom. The lowest BCUT2D eigenvalue weighted by Crippen LogP contribution is -2.25. The molecular formula is C14H18O3. The van der Waals surface area contributed by atoms with E-state index in [1.165, 1.54) is 7.11 Å².